The summed E-state index contributed by atoms with van der Waals surface area (Å²) >= 11 is 0. The first-order chi connectivity index (χ1) is 24.9. The Morgan fingerprint density at radius 3 is 1.67 bits per heavy atom. The van der Waals surface area contributed by atoms with Crippen LogP contribution in [0.15, 0.2) is 152 Å². The number of fused-ring (bicyclic) bond motifs is 5. The van der Waals surface area contributed by atoms with Crippen LogP contribution in [-0.2, 0) is 16.2 Å². The van der Waals surface area contributed by atoms with Crippen molar-refractivity contribution in [3.63, 3.8) is 0 Å². The topological polar surface area (TPSA) is 6.48 Å². The minimum atomic E-state index is -0.211. The smallest absolute Gasteiger partial charge is 0.0543 e. The number of benzene rings is 7. The van der Waals surface area contributed by atoms with E-state index in [4.69, 9.17) is 0 Å². The Bertz CT molecular complexity index is 2490. The fourth-order valence-corrected chi connectivity index (χ4v) is 8.74. The molecule has 0 atom stereocenters. The van der Waals surface area contributed by atoms with E-state index in [-0.39, 0.29) is 16.2 Å². The third-order valence-corrected chi connectivity index (χ3v) is 11.8. The van der Waals surface area contributed by atoms with E-state index >= 15 is 0 Å². The molecule has 0 N–H and O–H groups in total. The lowest BCUT2D eigenvalue weighted by Gasteiger charge is -2.49. The van der Waals surface area contributed by atoms with Crippen LogP contribution in [0.2, 0.25) is 0 Å². The first-order valence-corrected chi connectivity index (χ1v) is 18.6. The molecule has 52 heavy (non-hydrogen) atoms. The molecule has 2 aliphatic heterocycles. The third-order valence-electron chi connectivity index (χ3n) is 11.8. The van der Waals surface area contributed by atoms with Gasteiger partial charge < -0.3 is 9.80 Å². The molecular weight excluding hydrogens is 629 g/mol. The Hall–Kier alpha value is -5.60. The lowest BCUT2D eigenvalue weighted by atomic mass is 9.66. The summed E-state index contributed by atoms with van der Waals surface area (Å²) in [5.41, 5.74) is 16.3. The molecule has 0 fully saturated rings. The highest BCUT2D eigenvalue weighted by molar-refractivity contribution is 5.94. The van der Waals surface area contributed by atoms with E-state index in [2.05, 4.69) is 210 Å². The molecule has 2 heterocycles. The normalized spacial score (nSPS) is 15.1. The molecule has 256 valence electrons. The summed E-state index contributed by atoms with van der Waals surface area (Å²) in [4.78, 5) is 4.96. The summed E-state index contributed by atoms with van der Waals surface area (Å²) in [6.07, 6.45) is 0. The highest BCUT2D eigenvalue weighted by atomic mass is 15.2. The van der Waals surface area contributed by atoms with Crippen molar-refractivity contribution in [1.82, 2.24) is 0 Å². The molecule has 0 bridgehead atoms. The SMILES string of the molecule is CC(C)(C)c1ccc(N(c2ccc(-c3ccc4ccccc4c3)cc2)c2ccc3c(c2)C(C)(C)c2cccc4c2N3c2ccccc2C4(C)C)cc1. The number of nitrogens with zero attached hydrogens (tertiary/aromatic N) is 2. The van der Waals surface area contributed by atoms with E-state index in [9.17, 15) is 0 Å². The molecule has 0 spiro atoms. The van der Waals surface area contributed by atoms with Crippen LogP contribution in [0.1, 0.15) is 76.3 Å². The highest BCUT2D eigenvalue weighted by Crippen LogP contribution is 2.60. The standard InChI is InChI=1S/C50H46N2/c1-48(2,3)37-23-27-39(28-24-37)51(38-25-21-34(22-26-38)36-20-19-33-13-8-9-14-35(33)31-36)40-29-30-46-44(32-40)50(6,7)43-17-12-16-42-47(43)52(46)45-18-11-10-15-41(45)49(42,4)5/h8-32H,1-7H3. The van der Waals surface area contributed by atoms with Crippen molar-refractivity contribution >= 4 is 44.9 Å². The zero-order chi connectivity index (χ0) is 36.0. The van der Waals surface area contributed by atoms with E-state index in [0.717, 1.165) is 17.1 Å². The van der Waals surface area contributed by atoms with Crippen LogP contribution < -0.4 is 9.80 Å². The molecule has 0 aromatic heterocycles. The summed E-state index contributed by atoms with van der Waals surface area (Å²) in [6, 6.07) is 56.6. The number of hydrogen-bond donors (Lipinski definition) is 0. The van der Waals surface area contributed by atoms with Gasteiger partial charge in [-0.2, -0.15) is 0 Å². The molecule has 2 nitrogen and oxygen atoms in total. The second kappa shape index (κ2) is 11.5. The summed E-state index contributed by atoms with van der Waals surface area (Å²) in [7, 11) is 0. The van der Waals surface area contributed by atoms with Gasteiger partial charge in [0.15, 0.2) is 0 Å². The van der Waals surface area contributed by atoms with Crippen LogP contribution in [0.25, 0.3) is 21.9 Å². The zero-order valence-electron chi connectivity index (χ0n) is 31.3. The molecule has 2 heteroatoms. The van der Waals surface area contributed by atoms with Gasteiger partial charge in [-0.1, -0.05) is 146 Å². The molecule has 0 amide bonds. The minimum absolute atomic E-state index is 0.0756. The van der Waals surface area contributed by atoms with Gasteiger partial charge in [-0.05, 0) is 110 Å². The predicted octanol–water partition coefficient (Wildman–Crippen LogP) is 14.0. The molecule has 0 aliphatic carbocycles. The largest absolute Gasteiger partial charge is 0.310 e. The molecular formula is C50H46N2. The van der Waals surface area contributed by atoms with Gasteiger partial charge in [-0.3, -0.25) is 0 Å². The average molecular weight is 675 g/mol. The monoisotopic (exact) mass is 674 g/mol. The van der Waals surface area contributed by atoms with Crippen molar-refractivity contribution in [2.45, 2.75) is 64.7 Å². The van der Waals surface area contributed by atoms with E-state index in [1.165, 1.54) is 66.8 Å². The van der Waals surface area contributed by atoms with Crippen molar-refractivity contribution in [3.8, 4) is 11.1 Å². The number of para-hydroxylation sites is 2. The Morgan fingerprint density at radius 2 is 0.981 bits per heavy atom. The van der Waals surface area contributed by atoms with E-state index < -0.39 is 0 Å². The molecule has 7 aromatic rings. The van der Waals surface area contributed by atoms with Gasteiger partial charge >= 0.3 is 0 Å². The fraction of sp³-hybridized carbons (Fsp3) is 0.200. The van der Waals surface area contributed by atoms with Crippen molar-refractivity contribution in [3.05, 3.63) is 179 Å². The van der Waals surface area contributed by atoms with Gasteiger partial charge in [0.05, 0.1) is 17.1 Å². The van der Waals surface area contributed by atoms with E-state index in [1.807, 2.05) is 0 Å². The van der Waals surface area contributed by atoms with Gasteiger partial charge in [-0.15, -0.1) is 0 Å². The van der Waals surface area contributed by atoms with Gasteiger partial charge in [0, 0.05) is 27.9 Å². The maximum Gasteiger partial charge on any atom is 0.0543 e. The molecule has 9 rings (SSSR count). The Balaban J connectivity index is 1.20. The summed E-state index contributed by atoms with van der Waals surface area (Å²) in [5.74, 6) is 0. The summed E-state index contributed by atoms with van der Waals surface area (Å²) in [6.45, 7) is 16.4. The number of rotatable bonds is 4. The summed E-state index contributed by atoms with van der Waals surface area (Å²) in [5, 5.41) is 2.52. The highest BCUT2D eigenvalue weighted by Gasteiger charge is 2.45. The quantitative estimate of drug-likeness (QED) is 0.183. The van der Waals surface area contributed by atoms with E-state index in [0.29, 0.717) is 0 Å². The van der Waals surface area contributed by atoms with Crippen molar-refractivity contribution in [2.24, 2.45) is 0 Å². The second-order valence-corrected chi connectivity index (χ2v) is 16.7. The van der Waals surface area contributed by atoms with Crippen LogP contribution in [-0.4, -0.2) is 0 Å². The van der Waals surface area contributed by atoms with Crippen LogP contribution in [0.5, 0.6) is 0 Å². The molecule has 0 saturated carbocycles. The molecule has 0 saturated heterocycles. The zero-order valence-corrected chi connectivity index (χ0v) is 31.3. The van der Waals surface area contributed by atoms with Crippen LogP contribution in [0, 0.1) is 0 Å². The Labute approximate surface area is 309 Å². The number of anilines is 6. The van der Waals surface area contributed by atoms with Crippen molar-refractivity contribution < 1.29 is 0 Å². The second-order valence-electron chi connectivity index (χ2n) is 16.7. The van der Waals surface area contributed by atoms with Gasteiger partial charge in [0.2, 0.25) is 0 Å². The Kier molecular flexibility index (Phi) is 7.12. The Morgan fingerprint density at radius 1 is 0.442 bits per heavy atom. The molecule has 2 aliphatic rings. The molecule has 0 unspecified atom stereocenters. The first kappa shape index (κ1) is 32.3. The van der Waals surface area contributed by atoms with Crippen LogP contribution in [0.4, 0.5) is 34.1 Å². The molecule has 7 aromatic carbocycles. The molecule has 0 radical (unpaired) electrons. The van der Waals surface area contributed by atoms with Crippen molar-refractivity contribution in [1.29, 1.82) is 0 Å². The maximum absolute atomic E-state index is 2.54. The third kappa shape index (κ3) is 4.92. The van der Waals surface area contributed by atoms with Gasteiger partial charge in [-0.25, -0.2) is 0 Å². The summed E-state index contributed by atoms with van der Waals surface area (Å²) < 4.78 is 0. The predicted molar refractivity (Wildman–Crippen MR) is 222 cm³/mol. The number of hydrogen-bond acceptors (Lipinski definition) is 2. The minimum Gasteiger partial charge on any atom is -0.310 e. The van der Waals surface area contributed by atoms with Crippen LogP contribution in [0.3, 0.4) is 0 Å². The maximum atomic E-state index is 2.54. The van der Waals surface area contributed by atoms with E-state index in [1.54, 1.807) is 0 Å². The first-order valence-electron chi connectivity index (χ1n) is 18.6. The fourth-order valence-electron chi connectivity index (χ4n) is 8.74. The van der Waals surface area contributed by atoms with Crippen molar-refractivity contribution in [2.75, 3.05) is 9.80 Å². The average Bonchev–Trinajstić information content (AvgIpc) is 3.15. The van der Waals surface area contributed by atoms with Gasteiger partial charge in [0.1, 0.15) is 0 Å². The van der Waals surface area contributed by atoms with Crippen LogP contribution >= 0.6 is 0 Å². The van der Waals surface area contributed by atoms with Gasteiger partial charge in [0.25, 0.3) is 0 Å². The lowest BCUT2D eigenvalue weighted by Crippen LogP contribution is -2.38. The lowest BCUT2D eigenvalue weighted by molar-refractivity contribution is 0.590.